The van der Waals surface area contributed by atoms with E-state index < -0.39 is 23.8 Å². The van der Waals surface area contributed by atoms with Crippen LogP contribution in [0.15, 0.2) is 24.4 Å². The van der Waals surface area contributed by atoms with E-state index in [1.165, 1.54) is 6.07 Å². The molecule has 3 N–H and O–H groups in total. The molecule has 2 aromatic heterocycles. The van der Waals surface area contributed by atoms with Crippen molar-refractivity contribution >= 4 is 28.1 Å². The molecule has 7 nitrogen and oxygen atoms in total. The van der Waals surface area contributed by atoms with E-state index in [0.717, 1.165) is 36.7 Å². The Balaban J connectivity index is 1.50. The van der Waals surface area contributed by atoms with Crippen molar-refractivity contribution in [2.45, 2.75) is 44.9 Å². The van der Waals surface area contributed by atoms with Crippen molar-refractivity contribution < 1.29 is 17.9 Å². The number of nitrogen functional groups attached to an aromatic ring is 1. The molecule has 5 heterocycles. The van der Waals surface area contributed by atoms with Crippen LogP contribution in [0.3, 0.4) is 0 Å². The third-order valence-corrected chi connectivity index (χ3v) is 6.10. The van der Waals surface area contributed by atoms with Crippen molar-refractivity contribution in [3.05, 3.63) is 47.0 Å². The number of benzene rings is 1. The van der Waals surface area contributed by atoms with Crippen LogP contribution in [0.1, 0.15) is 42.6 Å². The molecule has 3 aliphatic rings. The molecule has 3 atom stereocenters. The van der Waals surface area contributed by atoms with Gasteiger partial charge in [0.1, 0.15) is 5.82 Å². The molecule has 3 aromatic rings. The van der Waals surface area contributed by atoms with E-state index in [1.807, 2.05) is 19.2 Å². The number of aromatic nitrogens is 3. The van der Waals surface area contributed by atoms with Gasteiger partial charge in [-0.2, -0.15) is 5.10 Å². The fraction of sp³-hybridized carbons (Fsp3) is 0.409. The summed E-state index contributed by atoms with van der Waals surface area (Å²) in [5, 5.41) is 12.2. The quantitative estimate of drug-likeness (QED) is 0.572. The largest absolute Gasteiger partial charge is 0.399 e. The molecule has 0 saturated carbocycles. The monoisotopic (exact) mass is 444 g/mol. The minimum absolute atomic E-state index is 0.0354. The molecule has 0 aliphatic carbocycles. The number of nitrogens with two attached hydrogens (primary N) is 1. The first-order chi connectivity index (χ1) is 15.3. The normalized spacial score (nSPS) is 21.0. The molecule has 2 bridgehead atoms. The molecular formula is C22H23F3N6O. The van der Waals surface area contributed by atoms with Crippen LogP contribution in [0.4, 0.5) is 30.4 Å². The predicted octanol–water partition coefficient (Wildman–Crippen LogP) is 4.14. The summed E-state index contributed by atoms with van der Waals surface area (Å²) in [7, 11) is 0. The Morgan fingerprint density at radius 3 is 2.53 bits per heavy atom. The molecule has 10 heteroatoms. The fourth-order valence-electron chi connectivity index (χ4n) is 4.45. The van der Waals surface area contributed by atoms with Gasteiger partial charge in [0.05, 0.1) is 46.9 Å². The molecule has 3 fully saturated rings. The van der Waals surface area contributed by atoms with Gasteiger partial charge in [0.15, 0.2) is 5.82 Å². The maximum atomic E-state index is 14.7. The van der Waals surface area contributed by atoms with Gasteiger partial charge in [0, 0.05) is 36.1 Å². The SMILES string of the molecule is Cc1nnc(N[C@H](C)c2cc(N)cc(C(F)F)c2F)c2cc(N3CC4CC(C3)O4)cnc12. The first-order valence-electron chi connectivity index (χ1n) is 10.5. The highest BCUT2D eigenvalue weighted by atomic mass is 19.3. The van der Waals surface area contributed by atoms with Crippen LogP contribution >= 0.6 is 0 Å². The van der Waals surface area contributed by atoms with E-state index in [2.05, 4.69) is 25.4 Å². The number of nitrogens with one attached hydrogen (secondary N) is 1. The summed E-state index contributed by atoms with van der Waals surface area (Å²) in [6, 6.07) is 3.60. The molecule has 0 radical (unpaired) electrons. The Kier molecular flexibility index (Phi) is 5.04. The van der Waals surface area contributed by atoms with Gasteiger partial charge in [-0.25, -0.2) is 13.2 Å². The van der Waals surface area contributed by atoms with Crippen molar-refractivity contribution in [2.75, 3.05) is 29.0 Å². The summed E-state index contributed by atoms with van der Waals surface area (Å²) in [5.74, 6) is -0.587. The smallest absolute Gasteiger partial charge is 0.266 e. The Morgan fingerprint density at radius 1 is 1.16 bits per heavy atom. The number of rotatable bonds is 5. The maximum absolute atomic E-state index is 14.7. The molecule has 1 aromatic carbocycles. The minimum atomic E-state index is -2.96. The number of nitrogens with zero attached hydrogens (tertiary/aromatic N) is 4. The van der Waals surface area contributed by atoms with Gasteiger partial charge < -0.3 is 20.7 Å². The molecule has 3 saturated heterocycles. The van der Waals surface area contributed by atoms with Crippen molar-refractivity contribution in [3.8, 4) is 0 Å². The fourth-order valence-corrected chi connectivity index (χ4v) is 4.45. The average Bonchev–Trinajstić information content (AvgIpc) is 2.76. The van der Waals surface area contributed by atoms with E-state index in [0.29, 0.717) is 17.0 Å². The van der Waals surface area contributed by atoms with Crippen LogP contribution in [0.2, 0.25) is 0 Å². The van der Waals surface area contributed by atoms with Gasteiger partial charge in [0.2, 0.25) is 0 Å². The second-order valence-electron chi connectivity index (χ2n) is 8.42. The second kappa shape index (κ2) is 7.77. The first-order valence-corrected chi connectivity index (χ1v) is 10.5. The number of aryl methyl sites for hydroxylation is 1. The lowest BCUT2D eigenvalue weighted by Crippen LogP contribution is -2.57. The van der Waals surface area contributed by atoms with Crippen LogP contribution in [0.25, 0.3) is 10.9 Å². The molecule has 32 heavy (non-hydrogen) atoms. The van der Waals surface area contributed by atoms with Crippen molar-refractivity contribution in [1.29, 1.82) is 0 Å². The van der Waals surface area contributed by atoms with E-state index in [4.69, 9.17) is 10.5 Å². The Bertz CT molecular complexity index is 1170. The number of ether oxygens (including phenoxy) is 1. The number of alkyl halides is 2. The Labute approximate surface area is 182 Å². The lowest BCUT2D eigenvalue weighted by Gasteiger charge is -2.47. The van der Waals surface area contributed by atoms with Crippen molar-refractivity contribution in [3.63, 3.8) is 0 Å². The first kappa shape index (κ1) is 20.7. The third kappa shape index (κ3) is 3.58. The number of piperidine rings is 1. The van der Waals surface area contributed by atoms with E-state index >= 15 is 0 Å². The number of hydrogen-bond acceptors (Lipinski definition) is 7. The summed E-state index contributed by atoms with van der Waals surface area (Å²) >= 11 is 0. The van der Waals surface area contributed by atoms with E-state index in [9.17, 15) is 13.2 Å². The number of anilines is 3. The van der Waals surface area contributed by atoms with Gasteiger partial charge in [0.25, 0.3) is 6.43 Å². The maximum Gasteiger partial charge on any atom is 0.266 e. The zero-order chi connectivity index (χ0) is 22.6. The summed E-state index contributed by atoms with van der Waals surface area (Å²) in [6.45, 7) is 5.06. The lowest BCUT2D eigenvalue weighted by molar-refractivity contribution is -0.133. The summed E-state index contributed by atoms with van der Waals surface area (Å²) < 4.78 is 46.9. The molecular weight excluding hydrogens is 421 g/mol. The van der Waals surface area contributed by atoms with E-state index in [1.54, 1.807) is 6.92 Å². The molecule has 6 rings (SSSR count). The highest BCUT2D eigenvalue weighted by molar-refractivity contribution is 5.92. The third-order valence-electron chi connectivity index (χ3n) is 6.10. The number of fused-ring (bicyclic) bond motifs is 3. The number of pyridine rings is 1. The van der Waals surface area contributed by atoms with Gasteiger partial charge in [-0.3, -0.25) is 4.98 Å². The topological polar surface area (TPSA) is 89.2 Å². The van der Waals surface area contributed by atoms with E-state index in [-0.39, 0.29) is 23.5 Å². The average molecular weight is 444 g/mol. The Hall–Kier alpha value is -3.14. The van der Waals surface area contributed by atoms with Crippen LogP contribution in [0.5, 0.6) is 0 Å². The highest BCUT2D eigenvalue weighted by Gasteiger charge is 2.38. The van der Waals surface area contributed by atoms with Gasteiger partial charge in [-0.05, 0) is 32.0 Å². The van der Waals surface area contributed by atoms with Crippen LogP contribution in [-0.2, 0) is 4.74 Å². The molecule has 3 aliphatic heterocycles. The van der Waals surface area contributed by atoms with Crippen molar-refractivity contribution in [1.82, 2.24) is 15.2 Å². The van der Waals surface area contributed by atoms with Crippen LogP contribution in [-0.4, -0.2) is 40.5 Å². The number of morpholine rings is 1. The van der Waals surface area contributed by atoms with Crippen molar-refractivity contribution in [2.24, 2.45) is 0 Å². The molecule has 168 valence electrons. The zero-order valence-corrected chi connectivity index (χ0v) is 17.6. The number of halogens is 3. The second-order valence-corrected chi connectivity index (χ2v) is 8.42. The minimum Gasteiger partial charge on any atom is -0.399 e. The van der Waals surface area contributed by atoms with Gasteiger partial charge in [-0.15, -0.1) is 5.10 Å². The lowest BCUT2D eigenvalue weighted by atomic mass is 9.98. The molecule has 0 spiro atoms. The summed E-state index contributed by atoms with van der Waals surface area (Å²) in [6.07, 6.45) is 0.418. The van der Waals surface area contributed by atoms with Crippen LogP contribution < -0.4 is 16.0 Å². The standard InChI is InChI=1S/C22H23F3N6O/c1-10(16-3-12(26)4-17(19(16)23)21(24)25)28-22-18-5-13(7-27-20(18)11(2)29-30-22)31-8-14-6-15(9-31)32-14/h3-5,7,10,14-15,21H,6,8-9,26H2,1-2H3,(H,28,30)/t10-,14?,15?/m1/s1. The molecule has 0 amide bonds. The van der Waals surface area contributed by atoms with Crippen LogP contribution in [0, 0.1) is 12.7 Å². The summed E-state index contributed by atoms with van der Waals surface area (Å²) in [4.78, 5) is 6.81. The zero-order valence-electron chi connectivity index (χ0n) is 17.6. The summed E-state index contributed by atoms with van der Waals surface area (Å²) in [5.41, 5.74) is 7.39. The molecule has 2 unspecified atom stereocenters. The Morgan fingerprint density at radius 2 is 1.84 bits per heavy atom. The van der Waals surface area contributed by atoms with Gasteiger partial charge >= 0.3 is 0 Å². The number of hydrogen-bond donors (Lipinski definition) is 2. The predicted molar refractivity (Wildman–Crippen MR) is 115 cm³/mol. The highest BCUT2D eigenvalue weighted by Crippen LogP contribution is 2.35. The van der Waals surface area contributed by atoms with Gasteiger partial charge in [-0.1, -0.05) is 0 Å².